The summed E-state index contributed by atoms with van der Waals surface area (Å²) in [4.78, 5) is 16.6. The number of nitrogens with zero attached hydrogens (tertiary/aromatic N) is 2. The summed E-state index contributed by atoms with van der Waals surface area (Å²) < 4.78 is 28.0. The van der Waals surface area contributed by atoms with Crippen molar-refractivity contribution < 1.29 is 13.2 Å². The van der Waals surface area contributed by atoms with Crippen LogP contribution in [0.25, 0.3) is 0 Å². The third kappa shape index (κ3) is 4.05. The Morgan fingerprint density at radius 1 is 1.00 bits per heavy atom. The van der Waals surface area contributed by atoms with Crippen molar-refractivity contribution in [1.29, 1.82) is 0 Å². The van der Waals surface area contributed by atoms with Gasteiger partial charge >= 0.3 is 0 Å². The molecular formula is C24H25N3O3S2. The maximum absolute atomic E-state index is 13.3. The highest BCUT2D eigenvalue weighted by molar-refractivity contribution is 7.92. The van der Waals surface area contributed by atoms with Crippen LogP contribution in [0.3, 0.4) is 0 Å². The summed E-state index contributed by atoms with van der Waals surface area (Å²) in [5.74, 6) is -0.253. The molecule has 2 aliphatic rings. The van der Waals surface area contributed by atoms with Crippen molar-refractivity contribution >= 4 is 33.0 Å². The fraction of sp³-hybridized carbons (Fsp3) is 0.292. The molecule has 0 unspecified atom stereocenters. The smallest absolute Gasteiger partial charge is 0.264 e. The number of benzene rings is 2. The second-order valence-electron chi connectivity index (χ2n) is 8.13. The van der Waals surface area contributed by atoms with Gasteiger partial charge in [-0.1, -0.05) is 24.3 Å². The van der Waals surface area contributed by atoms with Crippen molar-refractivity contribution in [2.24, 2.45) is 0 Å². The van der Waals surface area contributed by atoms with E-state index in [0.717, 1.165) is 37.3 Å². The number of thiophene rings is 1. The molecule has 166 valence electrons. The van der Waals surface area contributed by atoms with Gasteiger partial charge in [-0.2, -0.15) is 0 Å². The Labute approximate surface area is 192 Å². The average molecular weight is 468 g/mol. The standard InChI is InChI=1S/C24H25N3O3S2/c28-24(25-11-14-26-12-9-23-20(17-26)10-15-31-23)19-5-3-6-21(16-19)32(29,30)27-13-8-18-4-1-2-7-22(18)27/h1-7,10,15-16H,8-9,11-14,17H2,(H,25,28). The molecular weight excluding hydrogens is 442 g/mol. The van der Waals surface area contributed by atoms with Gasteiger partial charge in [-0.3, -0.25) is 14.0 Å². The topological polar surface area (TPSA) is 69.7 Å². The summed E-state index contributed by atoms with van der Waals surface area (Å²) in [5, 5.41) is 5.08. The lowest BCUT2D eigenvalue weighted by atomic mass is 10.1. The minimum Gasteiger partial charge on any atom is -0.351 e. The van der Waals surface area contributed by atoms with Crippen molar-refractivity contribution in [2.45, 2.75) is 24.3 Å². The van der Waals surface area contributed by atoms with E-state index < -0.39 is 10.0 Å². The molecule has 1 amide bonds. The number of fused-ring (bicyclic) bond motifs is 2. The summed E-state index contributed by atoms with van der Waals surface area (Å²) in [5.41, 5.74) is 3.49. The van der Waals surface area contributed by atoms with Gasteiger partial charge in [0.1, 0.15) is 0 Å². The average Bonchev–Trinajstić information content (AvgIpc) is 3.46. The highest BCUT2D eigenvalue weighted by Gasteiger charge is 2.31. The van der Waals surface area contributed by atoms with Crippen LogP contribution in [0.5, 0.6) is 0 Å². The first kappa shape index (κ1) is 21.2. The molecule has 2 aliphatic heterocycles. The lowest BCUT2D eigenvalue weighted by Gasteiger charge is -2.26. The van der Waals surface area contributed by atoms with Crippen molar-refractivity contribution in [3.05, 3.63) is 81.5 Å². The number of rotatable bonds is 6. The largest absolute Gasteiger partial charge is 0.351 e. The van der Waals surface area contributed by atoms with Gasteiger partial charge in [0.25, 0.3) is 15.9 Å². The number of sulfonamides is 1. The lowest BCUT2D eigenvalue weighted by molar-refractivity contribution is 0.0947. The number of amides is 1. The zero-order valence-corrected chi connectivity index (χ0v) is 19.3. The molecule has 1 N–H and O–H groups in total. The van der Waals surface area contributed by atoms with E-state index in [9.17, 15) is 13.2 Å². The van der Waals surface area contributed by atoms with Gasteiger partial charge in [-0.25, -0.2) is 8.42 Å². The van der Waals surface area contributed by atoms with E-state index in [-0.39, 0.29) is 10.8 Å². The fourth-order valence-electron chi connectivity index (χ4n) is 4.41. The zero-order valence-electron chi connectivity index (χ0n) is 17.7. The Morgan fingerprint density at radius 3 is 2.78 bits per heavy atom. The van der Waals surface area contributed by atoms with Gasteiger partial charge in [-0.15, -0.1) is 11.3 Å². The molecule has 0 bridgehead atoms. The van der Waals surface area contributed by atoms with Gasteiger partial charge in [0, 0.05) is 43.2 Å². The number of carbonyl (C=O) groups excluding carboxylic acids is 1. The second-order valence-corrected chi connectivity index (χ2v) is 11.0. The van der Waals surface area contributed by atoms with Gasteiger partial charge in [0.05, 0.1) is 10.6 Å². The maximum Gasteiger partial charge on any atom is 0.264 e. The van der Waals surface area contributed by atoms with Crippen LogP contribution in [-0.2, 0) is 29.4 Å². The molecule has 0 saturated heterocycles. The first-order chi connectivity index (χ1) is 15.5. The van der Waals surface area contributed by atoms with E-state index in [2.05, 4.69) is 21.7 Å². The molecule has 0 aliphatic carbocycles. The Kier molecular flexibility index (Phi) is 5.75. The van der Waals surface area contributed by atoms with E-state index in [0.29, 0.717) is 25.1 Å². The monoisotopic (exact) mass is 467 g/mol. The van der Waals surface area contributed by atoms with E-state index in [1.807, 2.05) is 35.6 Å². The molecule has 3 heterocycles. The van der Waals surface area contributed by atoms with E-state index in [1.165, 1.54) is 20.8 Å². The molecule has 8 heteroatoms. The molecule has 32 heavy (non-hydrogen) atoms. The molecule has 0 atom stereocenters. The Morgan fingerprint density at radius 2 is 1.88 bits per heavy atom. The fourth-order valence-corrected chi connectivity index (χ4v) is 6.85. The van der Waals surface area contributed by atoms with Crippen LogP contribution >= 0.6 is 11.3 Å². The van der Waals surface area contributed by atoms with E-state index in [4.69, 9.17) is 0 Å². The van der Waals surface area contributed by atoms with Crippen LogP contribution < -0.4 is 9.62 Å². The minimum atomic E-state index is -3.72. The normalized spacial score (nSPS) is 15.9. The molecule has 0 spiro atoms. The van der Waals surface area contributed by atoms with Crippen molar-refractivity contribution in [2.75, 3.05) is 30.5 Å². The quantitative estimate of drug-likeness (QED) is 0.604. The third-order valence-corrected chi connectivity index (χ3v) is 8.96. The van der Waals surface area contributed by atoms with Crippen LogP contribution in [-0.4, -0.2) is 45.4 Å². The molecule has 0 radical (unpaired) electrons. The maximum atomic E-state index is 13.3. The van der Waals surface area contributed by atoms with Crippen LogP contribution in [0.4, 0.5) is 5.69 Å². The van der Waals surface area contributed by atoms with Crippen molar-refractivity contribution in [3.8, 4) is 0 Å². The Balaban J connectivity index is 1.23. The Bertz CT molecular complexity index is 1250. The summed E-state index contributed by atoms with van der Waals surface area (Å²) in [6.45, 7) is 3.62. The highest BCUT2D eigenvalue weighted by Crippen LogP contribution is 2.32. The summed E-state index contributed by atoms with van der Waals surface area (Å²) >= 11 is 1.81. The van der Waals surface area contributed by atoms with E-state index in [1.54, 1.807) is 18.2 Å². The predicted molar refractivity (Wildman–Crippen MR) is 127 cm³/mol. The third-order valence-electron chi connectivity index (χ3n) is 6.13. The summed E-state index contributed by atoms with van der Waals surface area (Å²) in [7, 11) is -3.72. The van der Waals surface area contributed by atoms with Crippen molar-refractivity contribution in [1.82, 2.24) is 10.2 Å². The SMILES string of the molecule is O=C(NCCN1CCc2sccc2C1)c1cccc(S(=O)(=O)N2CCc3ccccc32)c1. The van der Waals surface area contributed by atoms with Gasteiger partial charge in [0.15, 0.2) is 0 Å². The highest BCUT2D eigenvalue weighted by atomic mass is 32.2. The van der Waals surface area contributed by atoms with Gasteiger partial charge in [-0.05, 0) is 59.7 Å². The van der Waals surface area contributed by atoms with Crippen LogP contribution in [0, 0.1) is 0 Å². The number of hydrogen-bond acceptors (Lipinski definition) is 5. The van der Waals surface area contributed by atoms with Crippen LogP contribution in [0.2, 0.25) is 0 Å². The first-order valence-electron chi connectivity index (χ1n) is 10.8. The lowest BCUT2D eigenvalue weighted by Crippen LogP contribution is -2.37. The summed E-state index contributed by atoms with van der Waals surface area (Å²) in [6, 6.07) is 16.0. The minimum absolute atomic E-state index is 0.142. The first-order valence-corrected chi connectivity index (χ1v) is 13.1. The Hall–Kier alpha value is -2.68. The molecule has 5 rings (SSSR count). The van der Waals surface area contributed by atoms with E-state index >= 15 is 0 Å². The molecule has 6 nitrogen and oxygen atoms in total. The number of nitrogens with one attached hydrogen (secondary N) is 1. The molecule has 0 fully saturated rings. The molecule has 1 aromatic heterocycles. The summed E-state index contributed by atoms with van der Waals surface area (Å²) in [6.07, 6.45) is 1.75. The van der Waals surface area contributed by atoms with Crippen LogP contribution in [0.1, 0.15) is 26.4 Å². The number of para-hydroxylation sites is 1. The predicted octanol–water partition coefficient (Wildman–Crippen LogP) is 3.29. The number of hydrogen-bond donors (Lipinski definition) is 1. The van der Waals surface area contributed by atoms with Crippen LogP contribution in [0.15, 0.2) is 64.9 Å². The van der Waals surface area contributed by atoms with Crippen molar-refractivity contribution in [3.63, 3.8) is 0 Å². The molecule has 2 aromatic carbocycles. The van der Waals surface area contributed by atoms with Gasteiger partial charge in [0.2, 0.25) is 0 Å². The molecule has 3 aromatic rings. The molecule has 0 saturated carbocycles. The zero-order chi connectivity index (χ0) is 22.1. The number of anilines is 1. The second kappa shape index (κ2) is 8.69. The number of carbonyl (C=O) groups is 1. The van der Waals surface area contributed by atoms with Gasteiger partial charge < -0.3 is 5.32 Å².